The van der Waals surface area contributed by atoms with Gasteiger partial charge in [-0.3, -0.25) is 14.2 Å². The SMILES string of the molecule is O=C(Cc1cccs1)Nc1ccc2nc3n(c(=O)c2c1)CCCC3. The Labute approximate surface area is 143 Å². The first kappa shape index (κ1) is 15.1. The third-order valence-electron chi connectivity index (χ3n) is 4.26. The van der Waals surface area contributed by atoms with E-state index in [-0.39, 0.29) is 11.5 Å². The molecular formula is C18H17N3O2S. The molecule has 24 heavy (non-hydrogen) atoms. The Kier molecular flexibility index (Phi) is 3.90. The predicted molar refractivity (Wildman–Crippen MR) is 95.6 cm³/mol. The minimum atomic E-state index is -0.0807. The fourth-order valence-electron chi connectivity index (χ4n) is 3.10. The molecule has 0 bridgehead atoms. The van der Waals surface area contributed by atoms with Crippen molar-refractivity contribution in [3.8, 4) is 0 Å². The first-order valence-corrected chi connectivity index (χ1v) is 8.94. The van der Waals surface area contributed by atoms with Gasteiger partial charge in [0.1, 0.15) is 5.82 Å². The molecule has 1 aromatic carbocycles. The average Bonchev–Trinajstić information content (AvgIpc) is 3.08. The summed E-state index contributed by atoms with van der Waals surface area (Å²) in [6, 6.07) is 9.22. The van der Waals surface area contributed by atoms with E-state index in [4.69, 9.17) is 0 Å². The van der Waals surface area contributed by atoms with Crippen LogP contribution in [0.2, 0.25) is 0 Å². The highest BCUT2D eigenvalue weighted by Gasteiger charge is 2.15. The van der Waals surface area contributed by atoms with Crippen molar-refractivity contribution < 1.29 is 4.79 Å². The molecule has 0 unspecified atom stereocenters. The molecule has 6 heteroatoms. The summed E-state index contributed by atoms with van der Waals surface area (Å²) in [5.41, 5.74) is 1.33. The lowest BCUT2D eigenvalue weighted by Gasteiger charge is -2.18. The van der Waals surface area contributed by atoms with Gasteiger partial charge in [0.2, 0.25) is 5.91 Å². The van der Waals surface area contributed by atoms with Gasteiger partial charge in [-0.15, -0.1) is 11.3 Å². The van der Waals surface area contributed by atoms with E-state index in [2.05, 4.69) is 10.3 Å². The van der Waals surface area contributed by atoms with Crippen LogP contribution in [0.4, 0.5) is 5.69 Å². The van der Waals surface area contributed by atoms with E-state index in [1.54, 1.807) is 28.0 Å². The summed E-state index contributed by atoms with van der Waals surface area (Å²) in [7, 11) is 0. The summed E-state index contributed by atoms with van der Waals surface area (Å²) in [6.45, 7) is 0.728. The molecular weight excluding hydrogens is 322 g/mol. The van der Waals surface area contributed by atoms with Crippen LogP contribution >= 0.6 is 11.3 Å². The van der Waals surface area contributed by atoms with Crippen molar-refractivity contribution >= 4 is 33.8 Å². The number of carbonyl (C=O) groups excluding carboxylic acids is 1. The number of aromatic nitrogens is 2. The summed E-state index contributed by atoms with van der Waals surface area (Å²) < 4.78 is 1.77. The molecule has 1 N–H and O–H groups in total. The molecule has 0 spiro atoms. The molecule has 0 fully saturated rings. The normalized spacial score (nSPS) is 13.7. The molecule has 3 heterocycles. The standard InChI is InChI=1S/C18H17N3O2S/c22-17(11-13-4-3-9-24-13)19-12-6-7-15-14(10-12)18(23)21-8-2-1-5-16(21)20-15/h3-4,6-7,9-10H,1-2,5,8,11H2,(H,19,22). The number of thiophene rings is 1. The van der Waals surface area contributed by atoms with Crippen LogP contribution in [0.15, 0.2) is 40.5 Å². The third kappa shape index (κ3) is 2.85. The first-order valence-electron chi connectivity index (χ1n) is 8.06. The maximum Gasteiger partial charge on any atom is 0.261 e. The van der Waals surface area contributed by atoms with Gasteiger partial charge in [-0.2, -0.15) is 0 Å². The van der Waals surface area contributed by atoms with Gasteiger partial charge in [0.25, 0.3) is 5.56 Å². The van der Waals surface area contributed by atoms with E-state index in [1.165, 1.54) is 0 Å². The van der Waals surface area contributed by atoms with Gasteiger partial charge in [-0.1, -0.05) is 6.07 Å². The zero-order valence-corrected chi connectivity index (χ0v) is 13.9. The van der Waals surface area contributed by atoms with Gasteiger partial charge in [-0.05, 0) is 42.5 Å². The van der Waals surface area contributed by atoms with Crippen LogP contribution in [-0.2, 0) is 24.2 Å². The third-order valence-corrected chi connectivity index (χ3v) is 5.14. The highest BCUT2D eigenvalue weighted by Crippen LogP contribution is 2.19. The number of nitrogens with zero attached hydrogens (tertiary/aromatic N) is 2. The number of anilines is 1. The van der Waals surface area contributed by atoms with E-state index in [0.717, 1.165) is 36.5 Å². The van der Waals surface area contributed by atoms with Crippen LogP contribution in [0.1, 0.15) is 23.5 Å². The van der Waals surface area contributed by atoms with Gasteiger partial charge in [0.15, 0.2) is 0 Å². The lowest BCUT2D eigenvalue weighted by molar-refractivity contribution is -0.115. The van der Waals surface area contributed by atoms with Crippen molar-refractivity contribution in [3.63, 3.8) is 0 Å². The molecule has 2 aromatic heterocycles. The Morgan fingerprint density at radius 3 is 3.04 bits per heavy atom. The average molecular weight is 339 g/mol. The lowest BCUT2D eigenvalue weighted by atomic mass is 10.1. The number of rotatable bonds is 3. The maximum atomic E-state index is 12.7. The highest BCUT2D eigenvalue weighted by atomic mass is 32.1. The Morgan fingerprint density at radius 2 is 2.21 bits per heavy atom. The highest BCUT2D eigenvalue weighted by molar-refractivity contribution is 7.10. The topological polar surface area (TPSA) is 64.0 Å². The largest absolute Gasteiger partial charge is 0.326 e. The second-order valence-corrected chi connectivity index (χ2v) is 7.01. The molecule has 0 saturated heterocycles. The van der Waals surface area contributed by atoms with Crippen LogP contribution in [0.3, 0.4) is 0 Å². The minimum absolute atomic E-state index is 0.0101. The van der Waals surface area contributed by atoms with Crippen molar-refractivity contribution in [2.24, 2.45) is 0 Å². The number of hydrogen-bond donors (Lipinski definition) is 1. The number of aryl methyl sites for hydroxylation is 1. The van der Waals surface area contributed by atoms with Crippen LogP contribution < -0.4 is 10.9 Å². The van der Waals surface area contributed by atoms with Crippen molar-refractivity contribution in [2.75, 3.05) is 5.32 Å². The first-order chi connectivity index (χ1) is 11.7. The zero-order valence-electron chi connectivity index (χ0n) is 13.1. The molecule has 0 saturated carbocycles. The quantitative estimate of drug-likeness (QED) is 0.798. The predicted octanol–water partition coefficient (Wildman–Crippen LogP) is 2.98. The van der Waals surface area contributed by atoms with Gasteiger partial charge in [0.05, 0.1) is 17.3 Å². The Hall–Kier alpha value is -2.47. The molecule has 1 aliphatic rings. The summed E-state index contributed by atoms with van der Waals surface area (Å²) in [6.07, 6.45) is 3.29. The van der Waals surface area contributed by atoms with E-state index >= 15 is 0 Å². The lowest BCUT2D eigenvalue weighted by Crippen LogP contribution is -2.28. The molecule has 0 radical (unpaired) electrons. The molecule has 4 rings (SSSR count). The summed E-state index contributed by atoms with van der Waals surface area (Å²) in [5, 5.41) is 5.39. The number of hydrogen-bond acceptors (Lipinski definition) is 4. The number of carbonyl (C=O) groups is 1. The molecule has 1 aliphatic heterocycles. The molecule has 122 valence electrons. The summed E-state index contributed by atoms with van der Waals surface area (Å²) in [5.74, 6) is 0.788. The Morgan fingerprint density at radius 1 is 1.29 bits per heavy atom. The smallest absolute Gasteiger partial charge is 0.261 e. The van der Waals surface area contributed by atoms with Crippen LogP contribution in [0.5, 0.6) is 0 Å². The minimum Gasteiger partial charge on any atom is -0.326 e. The van der Waals surface area contributed by atoms with Crippen molar-refractivity contribution in [1.82, 2.24) is 9.55 Å². The molecule has 0 aliphatic carbocycles. The summed E-state index contributed by atoms with van der Waals surface area (Å²) >= 11 is 1.56. The van der Waals surface area contributed by atoms with Crippen LogP contribution in [-0.4, -0.2) is 15.5 Å². The van der Waals surface area contributed by atoms with E-state index in [9.17, 15) is 9.59 Å². The van der Waals surface area contributed by atoms with Gasteiger partial charge in [-0.25, -0.2) is 4.98 Å². The second-order valence-electron chi connectivity index (χ2n) is 5.98. The maximum absolute atomic E-state index is 12.7. The van der Waals surface area contributed by atoms with E-state index < -0.39 is 0 Å². The monoisotopic (exact) mass is 339 g/mol. The molecule has 5 nitrogen and oxygen atoms in total. The van der Waals surface area contributed by atoms with E-state index in [1.807, 2.05) is 23.6 Å². The fourth-order valence-corrected chi connectivity index (χ4v) is 3.80. The van der Waals surface area contributed by atoms with Gasteiger partial charge in [0, 0.05) is 23.5 Å². The summed E-state index contributed by atoms with van der Waals surface area (Å²) in [4.78, 5) is 30.4. The number of benzene rings is 1. The zero-order chi connectivity index (χ0) is 16.5. The van der Waals surface area contributed by atoms with Crippen LogP contribution in [0, 0.1) is 0 Å². The molecule has 3 aromatic rings. The number of nitrogens with one attached hydrogen (secondary N) is 1. The van der Waals surface area contributed by atoms with Crippen molar-refractivity contribution in [1.29, 1.82) is 0 Å². The van der Waals surface area contributed by atoms with Crippen molar-refractivity contribution in [3.05, 3.63) is 56.8 Å². The van der Waals surface area contributed by atoms with E-state index in [0.29, 0.717) is 23.0 Å². The van der Waals surface area contributed by atoms with Crippen LogP contribution in [0.25, 0.3) is 10.9 Å². The Bertz CT molecular complexity index is 960. The van der Waals surface area contributed by atoms with Gasteiger partial charge < -0.3 is 5.32 Å². The Balaban J connectivity index is 1.64. The molecule has 0 atom stereocenters. The van der Waals surface area contributed by atoms with Crippen molar-refractivity contribution in [2.45, 2.75) is 32.2 Å². The molecule has 1 amide bonds. The number of amides is 1. The number of fused-ring (bicyclic) bond motifs is 2. The second kappa shape index (κ2) is 6.20. The van der Waals surface area contributed by atoms with Gasteiger partial charge >= 0.3 is 0 Å². The fraction of sp³-hybridized carbons (Fsp3) is 0.278.